The van der Waals surface area contributed by atoms with Crippen LogP contribution in [0.3, 0.4) is 0 Å². The van der Waals surface area contributed by atoms with Crippen molar-refractivity contribution in [3.63, 3.8) is 0 Å². The molecule has 2 aliphatic heterocycles. The summed E-state index contributed by atoms with van der Waals surface area (Å²) in [6.45, 7) is 7.28. The van der Waals surface area contributed by atoms with Crippen LogP contribution in [0.4, 0.5) is 0 Å². The van der Waals surface area contributed by atoms with Crippen molar-refractivity contribution < 1.29 is 14.2 Å². The zero-order chi connectivity index (χ0) is 15.9. The van der Waals surface area contributed by atoms with E-state index in [0.717, 1.165) is 58.3 Å². The molecule has 1 unspecified atom stereocenters. The number of ether oxygens (including phenoxy) is 3. The van der Waals surface area contributed by atoms with E-state index in [1.165, 1.54) is 24.0 Å². The summed E-state index contributed by atoms with van der Waals surface area (Å²) >= 11 is 0. The van der Waals surface area contributed by atoms with Crippen molar-refractivity contribution in [1.29, 1.82) is 0 Å². The van der Waals surface area contributed by atoms with Crippen LogP contribution in [-0.2, 0) is 22.6 Å². The minimum absolute atomic E-state index is 0.390. The van der Waals surface area contributed by atoms with E-state index in [1.54, 1.807) is 7.11 Å². The summed E-state index contributed by atoms with van der Waals surface area (Å²) in [6.07, 6.45) is 2.76. The van der Waals surface area contributed by atoms with Crippen LogP contribution < -0.4 is 10.1 Å². The molecule has 23 heavy (non-hydrogen) atoms. The largest absolute Gasteiger partial charge is 0.496 e. The predicted molar refractivity (Wildman–Crippen MR) is 89.8 cm³/mol. The molecule has 5 nitrogen and oxygen atoms in total. The van der Waals surface area contributed by atoms with Gasteiger partial charge in [0.1, 0.15) is 5.75 Å². The normalized spacial score (nSPS) is 22.4. The van der Waals surface area contributed by atoms with Crippen molar-refractivity contribution in [3.8, 4) is 5.75 Å². The van der Waals surface area contributed by atoms with Gasteiger partial charge in [0, 0.05) is 44.9 Å². The Morgan fingerprint density at radius 2 is 2.13 bits per heavy atom. The van der Waals surface area contributed by atoms with E-state index in [-0.39, 0.29) is 0 Å². The van der Waals surface area contributed by atoms with E-state index in [9.17, 15) is 0 Å². The van der Waals surface area contributed by atoms with Gasteiger partial charge in [-0.15, -0.1) is 0 Å². The summed E-state index contributed by atoms with van der Waals surface area (Å²) in [4.78, 5) is 2.42. The van der Waals surface area contributed by atoms with Crippen molar-refractivity contribution in [2.24, 2.45) is 0 Å². The van der Waals surface area contributed by atoms with E-state index >= 15 is 0 Å². The molecule has 0 amide bonds. The van der Waals surface area contributed by atoms with Crippen LogP contribution >= 0.6 is 0 Å². The van der Waals surface area contributed by atoms with Gasteiger partial charge in [0.2, 0.25) is 0 Å². The first-order valence-electron chi connectivity index (χ1n) is 8.63. The van der Waals surface area contributed by atoms with Crippen LogP contribution in [-0.4, -0.2) is 57.6 Å². The highest BCUT2D eigenvalue weighted by Gasteiger charge is 2.16. The maximum atomic E-state index is 5.65. The third-order valence-electron chi connectivity index (χ3n) is 4.57. The molecule has 2 fully saturated rings. The smallest absolute Gasteiger partial charge is 0.123 e. The lowest BCUT2D eigenvalue weighted by Crippen LogP contribution is -2.35. The number of nitrogens with zero attached hydrogens (tertiary/aromatic N) is 1. The topological polar surface area (TPSA) is 43.0 Å². The zero-order valence-electron chi connectivity index (χ0n) is 14.1. The Balaban J connectivity index is 1.56. The van der Waals surface area contributed by atoms with Gasteiger partial charge in [-0.1, -0.05) is 6.07 Å². The number of hydrogen-bond acceptors (Lipinski definition) is 5. The van der Waals surface area contributed by atoms with Crippen LogP contribution in [0.15, 0.2) is 18.2 Å². The number of methoxy groups -OCH3 is 1. The van der Waals surface area contributed by atoms with Gasteiger partial charge in [-0.3, -0.25) is 4.90 Å². The molecule has 0 saturated carbocycles. The van der Waals surface area contributed by atoms with Crippen LogP contribution in [0.2, 0.25) is 0 Å². The van der Waals surface area contributed by atoms with E-state index < -0.39 is 0 Å². The number of morpholine rings is 1. The average molecular weight is 320 g/mol. The van der Waals surface area contributed by atoms with E-state index in [2.05, 4.69) is 28.4 Å². The van der Waals surface area contributed by atoms with Crippen LogP contribution in [0, 0.1) is 0 Å². The van der Waals surface area contributed by atoms with Crippen molar-refractivity contribution in [1.82, 2.24) is 10.2 Å². The lowest BCUT2D eigenvalue weighted by atomic mass is 10.1. The first-order valence-corrected chi connectivity index (χ1v) is 8.63. The molecule has 1 aromatic rings. The molecule has 0 bridgehead atoms. The first kappa shape index (κ1) is 16.7. The molecule has 1 atom stereocenters. The van der Waals surface area contributed by atoms with Gasteiger partial charge in [-0.05, 0) is 30.5 Å². The number of rotatable bonds is 7. The highest BCUT2D eigenvalue weighted by atomic mass is 16.5. The molecule has 0 aromatic heterocycles. The minimum atomic E-state index is 0.390. The van der Waals surface area contributed by atoms with Gasteiger partial charge in [-0.25, -0.2) is 0 Å². The molecule has 2 aliphatic rings. The van der Waals surface area contributed by atoms with Crippen molar-refractivity contribution in [2.45, 2.75) is 32.0 Å². The lowest BCUT2D eigenvalue weighted by molar-refractivity contribution is 0.0339. The van der Waals surface area contributed by atoms with Crippen molar-refractivity contribution in [2.75, 3.05) is 46.6 Å². The Morgan fingerprint density at radius 3 is 2.87 bits per heavy atom. The second-order valence-electron chi connectivity index (χ2n) is 6.30. The Hall–Kier alpha value is -1.14. The highest BCUT2D eigenvalue weighted by molar-refractivity contribution is 5.37. The predicted octanol–water partition coefficient (Wildman–Crippen LogP) is 1.80. The third kappa shape index (κ3) is 4.91. The van der Waals surface area contributed by atoms with Gasteiger partial charge in [0.05, 0.1) is 26.4 Å². The third-order valence-corrected chi connectivity index (χ3v) is 4.57. The standard InChI is InChI=1S/C18H28N2O3/c1-21-18-5-4-15(12-19-13-17-3-2-8-23-17)11-16(18)14-20-6-9-22-10-7-20/h4-5,11,17,19H,2-3,6-10,12-14H2,1H3. The highest BCUT2D eigenvalue weighted by Crippen LogP contribution is 2.22. The molecule has 3 rings (SSSR count). The maximum Gasteiger partial charge on any atom is 0.123 e. The van der Waals surface area contributed by atoms with E-state index in [4.69, 9.17) is 14.2 Å². The summed E-state index contributed by atoms with van der Waals surface area (Å²) < 4.78 is 16.6. The van der Waals surface area contributed by atoms with Crippen LogP contribution in [0.25, 0.3) is 0 Å². The second-order valence-corrected chi connectivity index (χ2v) is 6.30. The molecular formula is C18H28N2O3. The molecule has 5 heteroatoms. The molecule has 0 radical (unpaired) electrons. The summed E-state index contributed by atoms with van der Waals surface area (Å²) in [5, 5.41) is 3.51. The van der Waals surface area contributed by atoms with Gasteiger partial charge in [0.15, 0.2) is 0 Å². The van der Waals surface area contributed by atoms with Crippen LogP contribution in [0.5, 0.6) is 5.75 Å². The fourth-order valence-electron chi connectivity index (χ4n) is 3.25. The molecule has 128 valence electrons. The molecule has 2 heterocycles. The quantitative estimate of drug-likeness (QED) is 0.830. The zero-order valence-corrected chi connectivity index (χ0v) is 14.1. The fourth-order valence-corrected chi connectivity index (χ4v) is 3.25. The number of hydrogen-bond donors (Lipinski definition) is 1. The Bertz CT molecular complexity index is 483. The second kappa shape index (κ2) is 8.64. The van der Waals surface area contributed by atoms with Gasteiger partial charge < -0.3 is 19.5 Å². The molecule has 0 spiro atoms. The van der Waals surface area contributed by atoms with Gasteiger partial charge >= 0.3 is 0 Å². The summed E-state index contributed by atoms with van der Waals surface area (Å²) in [5.74, 6) is 0.972. The summed E-state index contributed by atoms with van der Waals surface area (Å²) in [7, 11) is 1.74. The van der Waals surface area contributed by atoms with Crippen molar-refractivity contribution in [3.05, 3.63) is 29.3 Å². The first-order chi connectivity index (χ1) is 11.3. The molecular weight excluding hydrogens is 292 g/mol. The maximum absolute atomic E-state index is 5.65. The van der Waals surface area contributed by atoms with Crippen LogP contribution in [0.1, 0.15) is 24.0 Å². The fraction of sp³-hybridized carbons (Fsp3) is 0.667. The Labute approximate surface area is 138 Å². The van der Waals surface area contributed by atoms with Crippen molar-refractivity contribution >= 4 is 0 Å². The average Bonchev–Trinajstić information content (AvgIpc) is 3.09. The molecule has 1 aromatic carbocycles. The molecule has 0 aliphatic carbocycles. The number of nitrogens with one attached hydrogen (secondary N) is 1. The lowest BCUT2D eigenvalue weighted by Gasteiger charge is -2.27. The van der Waals surface area contributed by atoms with Gasteiger partial charge in [-0.2, -0.15) is 0 Å². The SMILES string of the molecule is COc1ccc(CNCC2CCCO2)cc1CN1CCOCC1. The Morgan fingerprint density at radius 1 is 1.26 bits per heavy atom. The monoisotopic (exact) mass is 320 g/mol. The molecule has 2 saturated heterocycles. The molecule has 1 N–H and O–H groups in total. The van der Waals surface area contributed by atoms with E-state index in [0.29, 0.717) is 6.10 Å². The summed E-state index contributed by atoms with van der Waals surface area (Å²) in [5.41, 5.74) is 2.55. The number of benzene rings is 1. The summed E-state index contributed by atoms with van der Waals surface area (Å²) in [6, 6.07) is 6.49. The van der Waals surface area contributed by atoms with Gasteiger partial charge in [0.25, 0.3) is 0 Å². The Kier molecular flexibility index (Phi) is 6.28. The minimum Gasteiger partial charge on any atom is -0.496 e. The van der Waals surface area contributed by atoms with E-state index in [1.807, 2.05) is 0 Å².